The number of thiazole rings is 1. The highest BCUT2D eigenvalue weighted by molar-refractivity contribution is 9.10. The number of anilines is 1. The maximum Gasteiger partial charge on any atom is 0.338 e. The first-order valence-electron chi connectivity index (χ1n) is 12.8. The molecule has 11 heteroatoms. The zero-order chi connectivity index (χ0) is 28.7. The van der Waals surface area contributed by atoms with Crippen LogP contribution in [0.15, 0.2) is 61.9 Å². The summed E-state index contributed by atoms with van der Waals surface area (Å²) in [6.45, 7) is 3.88. The van der Waals surface area contributed by atoms with Crippen molar-refractivity contribution >= 4 is 50.4 Å². The lowest BCUT2D eigenvalue weighted by molar-refractivity contribution is -0.139. The number of hydrogen-bond acceptors (Lipinski definition) is 8. The number of ether oxygens (including phenoxy) is 3. The summed E-state index contributed by atoms with van der Waals surface area (Å²) in [5.41, 5.74) is 2.57. The molecule has 2 aliphatic rings. The SMILES string of the molecule is CCCC1=C(C(=O)OCC)[C@@H](c2cc(OC)ccc2OC)n2c(s/c(=C3/C(=O)N(C)c4ccc(Br)cc43)c2=O)=N1. The van der Waals surface area contributed by atoms with E-state index in [1.54, 1.807) is 39.3 Å². The Labute approximate surface area is 243 Å². The molecule has 5 rings (SSSR count). The Morgan fingerprint density at radius 3 is 2.55 bits per heavy atom. The minimum atomic E-state index is -0.910. The van der Waals surface area contributed by atoms with Crippen LogP contribution in [0.25, 0.3) is 5.57 Å². The van der Waals surface area contributed by atoms with Crippen molar-refractivity contribution in [1.82, 2.24) is 4.57 Å². The molecule has 0 saturated carbocycles. The number of methoxy groups -OCH3 is 2. The molecule has 208 valence electrons. The number of carbonyl (C=O) groups is 2. The predicted octanol–water partition coefficient (Wildman–Crippen LogP) is 3.70. The summed E-state index contributed by atoms with van der Waals surface area (Å²) in [7, 11) is 4.75. The minimum absolute atomic E-state index is 0.158. The third-order valence-electron chi connectivity index (χ3n) is 6.93. The van der Waals surface area contributed by atoms with Crippen LogP contribution in [-0.4, -0.2) is 44.3 Å². The summed E-state index contributed by atoms with van der Waals surface area (Å²) >= 11 is 4.63. The Bertz CT molecular complexity index is 1760. The van der Waals surface area contributed by atoms with Crippen LogP contribution >= 0.6 is 27.3 Å². The third-order valence-corrected chi connectivity index (χ3v) is 8.48. The number of carbonyl (C=O) groups excluding carboxylic acids is 2. The number of aromatic nitrogens is 1. The molecule has 0 fully saturated rings. The van der Waals surface area contributed by atoms with Gasteiger partial charge < -0.3 is 19.1 Å². The third kappa shape index (κ3) is 4.46. The number of esters is 1. The number of likely N-dealkylation sites (N-methyl/N-ethyl adjacent to an activating group) is 1. The smallest absolute Gasteiger partial charge is 0.338 e. The Morgan fingerprint density at radius 1 is 1.10 bits per heavy atom. The van der Waals surface area contributed by atoms with Gasteiger partial charge in [-0.3, -0.25) is 14.2 Å². The number of amides is 1. The van der Waals surface area contributed by atoms with Gasteiger partial charge in [-0.05, 0) is 49.7 Å². The topological polar surface area (TPSA) is 99.4 Å². The largest absolute Gasteiger partial charge is 0.497 e. The van der Waals surface area contributed by atoms with Gasteiger partial charge in [-0.2, -0.15) is 0 Å². The number of fused-ring (bicyclic) bond motifs is 2. The van der Waals surface area contributed by atoms with E-state index < -0.39 is 17.6 Å². The highest BCUT2D eigenvalue weighted by Crippen LogP contribution is 2.39. The predicted molar refractivity (Wildman–Crippen MR) is 156 cm³/mol. The van der Waals surface area contributed by atoms with Gasteiger partial charge in [0.1, 0.15) is 22.1 Å². The lowest BCUT2D eigenvalue weighted by atomic mass is 9.93. The molecule has 2 aliphatic heterocycles. The number of benzene rings is 2. The molecule has 2 aromatic carbocycles. The van der Waals surface area contributed by atoms with Gasteiger partial charge in [-0.15, -0.1) is 0 Å². The first kappa shape index (κ1) is 27.9. The first-order chi connectivity index (χ1) is 19.2. The normalized spacial score (nSPS) is 17.4. The molecule has 0 saturated heterocycles. The van der Waals surface area contributed by atoms with Crippen molar-refractivity contribution < 1.29 is 23.8 Å². The van der Waals surface area contributed by atoms with E-state index in [4.69, 9.17) is 19.2 Å². The molecule has 0 aliphatic carbocycles. The van der Waals surface area contributed by atoms with Crippen molar-refractivity contribution in [1.29, 1.82) is 0 Å². The maximum atomic E-state index is 14.3. The molecule has 1 atom stereocenters. The zero-order valence-electron chi connectivity index (χ0n) is 22.7. The van der Waals surface area contributed by atoms with Crippen molar-refractivity contribution in [2.45, 2.75) is 32.7 Å². The average molecular weight is 627 g/mol. The van der Waals surface area contributed by atoms with Crippen LogP contribution in [0.2, 0.25) is 0 Å². The summed E-state index contributed by atoms with van der Waals surface area (Å²) in [5, 5.41) is 0. The van der Waals surface area contributed by atoms with Gasteiger partial charge in [0, 0.05) is 22.6 Å². The molecular formula is C29H28BrN3O6S. The van der Waals surface area contributed by atoms with Gasteiger partial charge in [0.05, 0.1) is 43.4 Å². The van der Waals surface area contributed by atoms with E-state index >= 15 is 0 Å². The van der Waals surface area contributed by atoms with Crippen molar-refractivity contribution in [3.8, 4) is 11.5 Å². The standard InChI is InChI=1S/C29H28BrN3O6S/c1-6-8-19-23(28(36)39-7-2)24(18-14-16(37-4)10-12-21(18)38-5)33-27(35)25(40-29(33)31-19)22-17-13-15(30)9-11-20(17)32(3)26(22)34/h9-14,24H,6-8H2,1-5H3/b25-22+/t24-/m1/s1. The van der Waals surface area contributed by atoms with Crippen LogP contribution in [0, 0.1) is 0 Å². The lowest BCUT2D eigenvalue weighted by Crippen LogP contribution is -2.41. The second-order valence-electron chi connectivity index (χ2n) is 9.24. The minimum Gasteiger partial charge on any atom is -0.497 e. The molecule has 0 bridgehead atoms. The van der Waals surface area contributed by atoms with Gasteiger partial charge in [0.15, 0.2) is 4.80 Å². The van der Waals surface area contributed by atoms with Crippen molar-refractivity contribution in [2.24, 2.45) is 4.99 Å². The van der Waals surface area contributed by atoms with E-state index in [1.165, 1.54) is 16.6 Å². The van der Waals surface area contributed by atoms with Crippen LogP contribution in [0.1, 0.15) is 43.9 Å². The Morgan fingerprint density at radius 2 is 1.88 bits per heavy atom. The van der Waals surface area contributed by atoms with E-state index in [-0.39, 0.29) is 22.6 Å². The number of allylic oxidation sites excluding steroid dienone is 1. The van der Waals surface area contributed by atoms with Gasteiger partial charge in [-0.25, -0.2) is 9.79 Å². The van der Waals surface area contributed by atoms with E-state index in [9.17, 15) is 14.4 Å². The number of hydrogen-bond donors (Lipinski definition) is 0. The molecule has 0 unspecified atom stereocenters. The van der Waals surface area contributed by atoms with E-state index in [0.717, 1.165) is 15.8 Å². The average Bonchev–Trinajstić information content (AvgIpc) is 3.39. The number of rotatable bonds is 7. The second-order valence-corrected chi connectivity index (χ2v) is 11.1. The van der Waals surface area contributed by atoms with E-state index in [1.807, 2.05) is 25.1 Å². The lowest BCUT2D eigenvalue weighted by Gasteiger charge is -2.27. The fourth-order valence-electron chi connectivity index (χ4n) is 5.13. The molecule has 40 heavy (non-hydrogen) atoms. The highest BCUT2D eigenvalue weighted by Gasteiger charge is 2.38. The summed E-state index contributed by atoms with van der Waals surface area (Å²) in [6, 6.07) is 9.84. The fourth-order valence-corrected chi connectivity index (χ4v) is 6.60. The Balaban J connectivity index is 1.90. The fraction of sp³-hybridized carbons (Fsp3) is 0.310. The van der Waals surface area contributed by atoms with Gasteiger partial charge >= 0.3 is 5.97 Å². The van der Waals surface area contributed by atoms with Crippen molar-refractivity contribution in [3.05, 3.63) is 83.0 Å². The monoisotopic (exact) mass is 625 g/mol. The molecule has 1 aromatic heterocycles. The van der Waals surface area contributed by atoms with Gasteiger partial charge in [0.25, 0.3) is 11.5 Å². The maximum absolute atomic E-state index is 14.3. The molecule has 1 amide bonds. The summed E-state index contributed by atoms with van der Waals surface area (Å²) in [5.74, 6) is 0.152. The number of halogens is 1. The molecule has 3 aromatic rings. The van der Waals surface area contributed by atoms with Crippen LogP contribution < -0.4 is 29.3 Å². The second kappa shape index (κ2) is 11.1. The van der Waals surface area contributed by atoms with Crippen LogP contribution in [0.3, 0.4) is 0 Å². The van der Waals surface area contributed by atoms with Crippen molar-refractivity contribution in [3.63, 3.8) is 0 Å². The van der Waals surface area contributed by atoms with E-state index in [0.29, 0.717) is 57.2 Å². The number of nitrogens with zero attached hydrogens (tertiary/aromatic N) is 3. The van der Waals surface area contributed by atoms with Gasteiger partial charge in [-0.1, -0.05) is 40.6 Å². The highest BCUT2D eigenvalue weighted by atomic mass is 79.9. The molecule has 0 radical (unpaired) electrons. The van der Waals surface area contributed by atoms with Crippen molar-refractivity contribution in [2.75, 3.05) is 32.8 Å². The van der Waals surface area contributed by atoms with E-state index in [2.05, 4.69) is 15.9 Å². The Kier molecular flexibility index (Phi) is 7.70. The summed E-state index contributed by atoms with van der Waals surface area (Å²) in [6.07, 6.45) is 1.21. The van der Waals surface area contributed by atoms with Crippen LogP contribution in [0.4, 0.5) is 5.69 Å². The molecular weight excluding hydrogens is 598 g/mol. The zero-order valence-corrected chi connectivity index (χ0v) is 25.1. The quantitative estimate of drug-likeness (QED) is 0.371. The first-order valence-corrected chi connectivity index (χ1v) is 14.4. The van der Waals surface area contributed by atoms with Crippen LogP contribution in [-0.2, 0) is 14.3 Å². The summed E-state index contributed by atoms with van der Waals surface area (Å²) in [4.78, 5) is 48.0. The van der Waals surface area contributed by atoms with Gasteiger partial charge in [0.2, 0.25) is 0 Å². The summed E-state index contributed by atoms with van der Waals surface area (Å²) < 4.78 is 19.2. The Hall–Kier alpha value is -3.70. The molecule has 0 N–H and O–H groups in total. The van der Waals surface area contributed by atoms with Crippen LogP contribution in [0.5, 0.6) is 11.5 Å². The molecule has 0 spiro atoms. The molecule has 3 heterocycles. The molecule has 9 nitrogen and oxygen atoms in total.